The van der Waals surface area contributed by atoms with Gasteiger partial charge in [-0.05, 0) is 58.8 Å². The van der Waals surface area contributed by atoms with E-state index in [1.807, 2.05) is 13.8 Å². The molecule has 3 heterocycles. The summed E-state index contributed by atoms with van der Waals surface area (Å²) >= 11 is 0. The van der Waals surface area contributed by atoms with Crippen LogP contribution in [0.2, 0.25) is 0 Å². The molecule has 2 aliphatic rings. The predicted octanol–water partition coefficient (Wildman–Crippen LogP) is 3.90. The smallest absolute Gasteiger partial charge is 0.343 e. The molecule has 1 amide bonds. The van der Waals surface area contributed by atoms with Gasteiger partial charge < -0.3 is 24.3 Å². The Bertz CT molecular complexity index is 886. The van der Waals surface area contributed by atoms with Gasteiger partial charge in [-0.25, -0.2) is 19.7 Å². The highest BCUT2D eigenvalue weighted by molar-refractivity contribution is 5.86. The van der Waals surface area contributed by atoms with Gasteiger partial charge in [-0.2, -0.15) is 5.10 Å². The van der Waals surface area contributed by atoms with Gasteiger partial charge in [-0.1, -0.05) is 29.2 Å². The van der Waals surface area contributed by atoms with E-state index in [9.17, 15) is 14.4 Å². The number of carbonyl (C=O) groups is 2. The molecule has 2 saturated heterocycles. The molecule has 0 spiro atoms. The van der Waals surface area contributed by atoms with Crippen LogP contribution < -0.4 is 11.0 Å². The van der Waals surface area contributed by atoms with Crippen LogP contribution in [0.3, 0.4) is 0 Å². The van der Waals surface area contributed by atoms with Crippen molar-refractivity contribution >= 4 is 17.8 Å². The first-order valence-electron chi connectivity index (χ1n) is 13.4. The Morgan fingerprint density at radius 2 is 1.66 bits per heavy atom. The first-order valence-corrected chi connectivity index (χ1v) is 13.4. The van der Waals surface area contributed by atoms with Crippen LogP contribution in [-0.2, 0) is 46.5 Å². The van der Waals surface area contributed by atoms with E-state index in [4.69, 9.17) is 23.7 Å². The molecule has 0 radical (unpaired) electrons. The zero-order chi connectivity index (χ0) is 28.0. The van der Waals surface area contributed by atoms with Crippen LogP contribution in [-0.4, -0.2) is 78.0 Å². The maximum absolute atomic E-state index is 11.4. The van der Waals surface area contributed by atoms with Crippen molar-refractivity contribution in [2.24, 2.45) is 4.99 Å². The van der Waals surface area contributed by atoms with Crippen molar-refractivity contribution in [1.29, 1.82) is 0 Å². The molecule has 1 aromatic rings. The highest BCUT2D eigenvalue weighted by Gasteiger charge is 2.17. The molecule has 0 aliphatic carbocycles. The SMILES string of the molecule is C.C.C.CCCC(=O)CNC(=O)COC1CCCCO1.CCN=C=O.CCn1c(COC2CCCCO2)n[nH]c1=O. The number of amides is 1. The number of ketones is 1. The number of hydrogen-bond acceptors (Lipinski definition) is 10. The minimum atomic E-state index is -0.263. The third kappa shape index (κ3) is 19.9. The highest BCUT2D eigenvalue weighted by atomic mass is 16.7. The average molecular weight is 590 g/mol. The highest BCUT2D eigenvalue weighted by Crippen LogP contribution is 2.15. The van der Waals surface area contributed by atoms with Crippen molar-refractivity contribution in [3.63, 3.8) is 0 Å². The number of carbonyl (C=O) groups excluding carboxylic acids is 3. The minimum Gasteiger partial charge on any atom is -0.353 e. The lowest BCUT2D eigenvalue weighted by molar-refractivity contribution is -0.170. The Labute approximate surface area is 245 Å². The van der Waals surface area contributed by atoms with Crippen molar-refractivity contribution in [3.05, 3.63) is 16.3 Å². The molecule has 41 heavy (non-hydrogen) atoms. The van der Waals surface area contributed by atoms with Crippen molar-refractivity contribution in [2.45, 2.75) is 120 Å². The van der Waals surface area contributed by atoms with Crippen LogP contribution in [0.4, 0.5) is 0 Å². The molecule has 13 heteroatoms. The fourth-order valence-corrected chi connectivity index (χ4v) is 3.49. The van der Waals surface area contributed by atoms with Crippen molar-refractivity contribution in [2.75, 3.05) is 32.9 Å². The monoisotopic (exact) mass is 589 g/mol. The third-order valence-corrected chi connectivity index (χ3v) is 5.46. The average Bonchev–Trinajstić information content (AvgIpc) is 3.31. The van der Waals surface area contributed by atoms with Gasteiger partial charge in [0.15, 0.2) is 24.2 Å². The number of aromatic nitrogens is 3. The Balaban J connectivity index is -0.000000570. The van der Waals surface area contributed by atoms with E-state index < -0.39 is 0 Å². The third-order valence-electron chi connectivity index (χ3n) is 5.46. The zero-order valence-electron chi connectivity index (χ0n) is 22.9. The number of aliphatic imine (C=N–C) groups is 1. The van der Waals surface area contributed by atoms with Crippen LogP contribution >= 0.6 is 0 Å². The summed E-state index contributed by atoms with van der Waals surface area (Å²) in [5.74, 6) is 0.417. The summed E-state index contributed by atoms with van der Waals surface area (Å²) in [5, 5.41) is 8.87. The van der Waals surface area contributed by atoms with Gasteiger partial charge in [0.1, 0.15) is 13.2 Å². The number of rotatable bonds is 12. The molecular weight excluding hydrogens is 534 g/mol. The zero-order valence-corrected chi connectivity index (χ0v) is 22.9. The molecule has 240 valence electrons. The Morgan fingerprint density at radius 1 is 1.05 bits per heavy atom. The van der Waals surface area contributed by atoms with Gasteiger partial charge in [-0.3, -0.25) is 14.2 Å². The summed E-state index contributed by atoms with van der Waals surface area (Å²) in [6.07, 6.45) is 8.40. The fraction of sp³-hybridized carbons (Fsp3) is 0.821. The molecule has 0 bridgehead atoms. The van der Waals surface area contributed by atoms with E-state index >= 15 is 0 Å². The fourth-order valence-electron chi connectivity index (χ4n) is 3.49. The Morgan fingerprint density at radius 3 is 2.12 bits per heavy atom. The molecule has 0 saturated carbocycles. The summed E-state index contributed by atoms with van der Waals surface area (Å²) in [6, 6.07) is 0. The lowest BCUT2D eigenvalue weighted by atomic mass is 10.2. The lowest BCUT2D eigenvalue weighted by Crippen LogP contribution is -2.34. The number of H-pyrrole nitrogens is 1. The van der Waals surface area contributed by atoms with Gasteiger partial charge in [-0.15, -0.1) is 0 Å². The van der Waals surface area contributed by atoms with Crippen molar-refractivity contribution in [1.82, 2.24) is 20.1 Å². The van der Waals surface area contributed by atoms with E-state index in [-0.39, 0.29) is 65.4 Å². The molecular formula is C28H55N5O8. The molecule has 0 aromatic carbocycles. The lowest BCUT2D eigenvalue weighted by Gasteiger charge is -2.22. The summed E-state index contributed by atoms with van der Waals surface area (Å²) in [7, 11) is 0. The summed E-state index contributed by atoms with van der Waals surface area (Å²) in [4.78, 5) is 46.1. The summed E-state index contributed by atoms with van der Waals surface area (Å²) in [6.45, 7) is 8.59. The van der Waals surface area contributed by atoms with Crippen molar-refractivity contribution < 1.29 is 33.3 Å². The number of hydrogen-bond donors (Lipinski definition) is 2. The maximum atomic E-state index is 11.4. The molecule has 2 aliphatic heterocycles. The van der Waals surface area contributed by atoms with Crippen LogP contribution in [0.15, 0.2) is 9.79 Å². The largest absolute Gasteiger partial charge is 0.353 e. The van der Waals surface area contributed by atoms with Gasteiger partial charge in [0.2, 0.25) is 12.0 Å². The number of isocyanates is 1. The van der Waals surface area contributed by atoms with E-state index in [1.54, 1.807) is 11.5 Å². The van der Waals surface area contributed by atoms with E-state index in [2.05, 4.69) is 20.5 Å². The molecule has 2 unspecified atom stereocenters. The molecule has 13 nitrogen and oxygen atoms in total. The van der Waals surface area contributed by atoms with Crippen LogP contribution in [0.25, 0.3) is 0 Å². The van der Waals surface area contributed by atoms with Crippen LogP contribution in [0, 0.1) is 0 Å². The topological polar surface area (TPSA) is 163 Å². The number of nitrogens with one attached hydrogen (secondary N) is 2. The number of ether oxygens (including phenoxy) is 4. The van der Waals surface area contributed by atoms with Gasteiger partial charge >= 0.3 is 5.69 Å². The van der Waals surface area contributed by atoms with Crippen LogP contribution in [0.5, 0.6) is 0 Å². The molecule has 2 N–H and O–H groups in total. The number of aromatic amines is 1. The first kappa shape index (κ1) is 42.8. The summed E-state index contributed by atoms with van der Waals surface area (Å²) in [5.41, 5.74) is -0.189. The summed E-state index contributed by atoms with van der Waals surface area (Å²) < 4.78 is 23.2. The minimum absolute atomic E-state index is 0. The van der Waals surface area contributed by atoms with Crippen molar-refractivity contribution in [3.8, 4) is 0 Å². The molecule has 3 rings (SSSR count). The first-order chi connectivity index (χ1) is 18.4. The van der Waals surface area contributed by atoms with Gasteiger partial charge in [0.25, 0.3) is 0 Å². The standard InChI is InChI=1S/C12H21NO4.C10H17N3O3.C3H5NO.3CH4/c1-2-5-10(14)8-13-11(15)9-17-12-6-3-4-7-16-12;1-2-13-8(11-12-10(13)14)7-16-9-5-3-4-6-15-9;1-2-4-3-5;;;/h12H,2-9H2,1H3,(H,13,15);9H,2-7H2,1H3,(H,12,14);2H2,1H3;3*1H4. The Kier molecular flexibility index (Phi) is 28.6. The second-order valence-corrected chi connectivity index (χ2v) is 8.53. The van der Waals surface area contributed by atoms with Gasteiger partial charge in [0, 0.05) is 32.7 Å². The van der Waals surface area contributed by atoms with E-state index in [0.29, 0.717) is 38.5 Å². The molecule has 2 atom stereocenters. The number of nitrogens with zero attached hydrogens (tertiary/aromatic N) is 3. The van der Waals surface area contributed by atoms with Crippen LogP contribution in [0.1, 0.15) is 100 Å². The quantitative estimate of drug-likeness (QED) is 0.272. The van der Waals surface area contributed by atoms with Gasteiger partial charge in [0.05, 0.1) is 6.54 Å². The molecule has 1 aromatic heterocycles. The predicted molar refractivity (Wildman–Crippen MR) is 158 cm³/mol. The molecule has 2 fully saturated rings. The maximum Gasteiger partial charge on any atom is 0.343 e. The number of Topliss-reactive ketones (excluding diaryl/α,β-unsaturated/α-hetero) is 1. The second kappa shape index (κ2) is 27.5. The Hall–Kier alpha value is -2.70. The van der Waals surface area contributed by atoms with E-state index in [0.717, 1.165) is 51.6 Å². The van der Waals surface area contributed by atoms with E-state index in [1.165, 1.54) is 6.08 Å². The second-order valence-electron chi connectivity index (χ2n) is 8.53. The normalized spacial score (nSPS) is 17.2.